The first-order valence-electron chi connectivity index (χ1n) is 9.89. The summed E-state index contributed by atoms with van der Waals surface area (Å²) < 4.78 is 5.77. The van der Waals surface area contributed by atoms with Crippen molar-refractivity contribution in [3.8, 4) is 0 Å². The van der Waals surface area contributed by atoms with E-state index >= 15 is 0 Å². The lowest BCUT2D eigenvalue weighted by Gasteiger charge is -2.20. The predicted molar refractivity (Wildman–Crippen MR) is 107 cm³/mol. The average molecular weight is 374 g/mol. The Morgan fingerprint density at radius 1 is 1.25 bits per heavy atom. The van der Waals surface area contributed by atoms with Gasteiger partial charge >= 0.3 is 0 Å². The number of piperidine rings is 1. The highest BCUT2D eigenvalue weighted by molar-refractivity contribution is 6.00. The van der Waals surface area contributed by atoms with Crippen molar-refractivity contribution in [2.24, 2.45) is 17.8 Å². The lowest BCUT2D eigenvalue weighted by atomic mass is 10.0. The number of carbonyl (C=O) groups is 2. The molecule has 0 bridgehead atoms. The van der Waals surface area contributed by atoms with Gasteiger partial charge in [-0.15, -0.1) is 0 Å². The zero-order valence-electron chi connectivity index (χ0n) is 15.3. The molecule has 28 heavy (non-hydrogen) atoms. The number of fused-ring (bicyclic) bond motifs is 4. The van der Waals surface area contributed by atoms with E-state index in [0.717, 1.165) is 30.0 Å². The van der Waals surface area contributed by atoms with E-state index in [1.54, 1.807) is 0 Å². The molecule has 1 aromatic carbocycles. The van der Waals surface area contributed by atoms with Gasteiger partial charge in [0.15, 0.2) is 5.76 Å². The molecule has 2 fully saturated rings. The largest absolute Gasteiger partial charge is 0.454 e. The maximum Gasteiger partial charge on any atom is 0.287 e. The van der Waals surface area contributed by atoms with Crippen molar-refractivity contribution in [1.82, 2.24) is 5.32 Å². The number of hydrogen-bond acceptors (Lipinski definition) is 3. The van der Waals surface area contributed by atoms with Crippen molar-refractivity contribution in [1.29, 1.82) is 0 Å². The lowest BCUT2D eigenvalue weighted by Crippen LogP contribution is -2.31. The zero-order valence-corrected chi connectivity index (χ0v) is 15.3. The first-order valence-corrected chi connectivity index (χ1v) is 9.89. The second-order valence-electron chi connectivity index (χ2n) is 8.09. The third-order valence-corrected chi connectivity index (χ3v) is 6.47. The molecule has 1 aromatic heterocycles. The standard InChI is InChI=1S/C23H20N2O3.H2/c26-22(19-11-14-7-6-13-10-17(13)21(14)28-19)24-9-8-16-18-12-25(23(27)20(16)18)15-4-2-1-3-5-15;/h1-7,10-11,16-18,20H,8-9,12H2,(H,24,26);1H/t16-,17?,18-,20+;/m1./s1. The molecule has 4 atom stereocenters. The Bertz CT molecular complexity index is 1060. The molecule has 5 nitrogen and oxygen atoms in total. The molecule has 4 aliphatic rings. The average Bonchev–Trinajstić information content (AvgIpc) is 3.56. The van der Waals surface area contributed by atoms with Gasteiger partial charge in [-0.25, -0.2) is 0 Å². The number of rotatable bonds is 5. The maximum atomic E-state index is 12.6. The van der Waals surface area contributed by atoms with Crippen LogP contribution in [0.4, 0.5) is 5.69 Å². The normalized spacial score (nSPS) is 28.4. The number of carbonyl (C=O) groups excluding carboxylic acids is 2. The van der Waals surface area contributed by atoms with Crippen LogP contribution in [0.15, 0.2) is 58.5 Å². The highest BCUT2D eigenvalue weighted by Crippen LogP contribution is 2.55. The topological polar surface area (TPSA) is 62.6 Å². The van der Waals surface area contributed by atoms with Crippen LogP contribution in [-0.4, -0.2) is 24.9 Å². The minimum absolute atomic E-state index is 0. The molecular formula is C23H22N2O3. The van der Waals surface area contributed by atoms with Crippen LogP contribution < -0.4 is 10.2 Å². The summed E-state index contributed by atoms with van der Waals surface area (Å²) in [5, 5.41) is 2.96. The van der Waals surface area contributed by atoms with Crippen LogP contribution in [0, 0.1) is 17.8 Å². The lowest BCUT2D eigenvalue weighted by molar-refractivity contribution is -0.119. The summed E-state index contributed by atoms with van der Waals surface area (Å²) in [6.45, 7) is 1.36. The SMILES string of the molecule is O=C(NCC[C@@H]1[C@H]2CN(c3ccccc3)C(=O)[C@@H]12)c1cc2c(o1)C1C=C1C=C2.[HH]. The molecule has 3 aliphatic carbocycles. The summed E-state index contributed by atoms with van der Waals surface area (Å²) in [5.74, 6) is 2.51. The van der Waals surface area contributed by atoms with Gasteiger partial charge in [-0.05, 0) is 42.0 Å². The van der Waals surface area contributed by atoms with Gasteiger partial charge in [0.1, 0.15) is 5.76 Å². The van der Waals surface area contributed by atoms with E-state index < -0.39 is 0 Å². The molecule has 0 radical (unpaired) electrons. The first-order chi connectivity index (χ1) is 13.7. The van der Waals surface area contributed by atoms with Gasteiger partial charge in [-0.2, -0.15) is 0 Å². The van der Waals surface area contributed by atoms with Gasteiger partial charge in [-0.1, -0.05) is 36.4 Å². The molecule has 6 rings (SSSR count). The number of allylic oxidation sites excluding steroid dienone is 3. The molecule has 0 spiro atoms. The Balaban J connectivity index is 0.00000181. The van der Waals surface area contributed by atoms with E-state index in [1.807, 2.05) is 47.4 Å². The van der Waals surface area contributed by atoms with Crippen molar-refractivity contribution < 1.29 is 15.4 Å². The summed E-state index contributed by atoms with van der Waals surface area (Å²) in [6.07, 6.45) is 7.05. The number of nitrogens with zero attached hydrogens (tertiary/aromatic N) is 1. The third kappa shape index (κ3) is 2.39. The van der Waals surface area contributed by atoms with Crippen molar-refractivity contribution >= 4 is 23.6 Å². The second-order valence-corrected chi connectivity index (χ2v) is 8.09. The smallest absolute Gasteiger partial charge is 0.287 e. The monoisotopic (exact) mass is 374 g/mol. The van der Waals surface area contributed by atoms with Crippen LogP contribution in [0.25, 0.3) is 6.08 Å². The fourth-order valence-corrected chi connectivity index (χ4v) is 4.84. The van der Waals surface area contributed by atoms with E-state index in [-0.39, 0.29) is 25.1 Å². The molecule has 1 saturated carbocycles. The van der Waals surface area contributed by atoms with Crippen molar-refractivity contribution in [2.75, 3.05) is 18.0 Å². The highest BCUT2D eigenvalue weighted by atomic mass is 16.4. The van der Waals surface area contributed by atoms with Gasteiger partial charge in [0.25, 0.3) is 5.91 Å². The quantitative estimate of drug-likeness (QED) is 0.870. The highest BCUT2D eigenvalue weighted by Gasteiger charge is 2.60. The first kappa shape index (κ1) is 15.9. The fourth-order valence-electron chi connectivity index (χ4n) is 4.84. The molecule has 2 amide bonds. The maximum absolute atomic E-state index is 12.6. The predicted octanol–water partition coefficient (Wildman–Crippen LogP) is 3.60. The minimum atomic E-state index is -0.173. The molecule has 1 N–H and O–H groups in total. The zero-order chi connectivity index (χ0) is 18.8. The third-order valence-electron chi connectivity index (χ3n) is 6.47. The second kappa shape index (κ2) is 5.71. The van der Waals surface area contributed by atoms with Crippen molar-refractivity contribution in [3.63, 3.8) is 0 Å². The number of para-hydroxylation sites is 1. The Kier molecular flexibility index (Phi) is 3.25. The van der Waals surface area contributed by atoms with Crippen LogP contribution in [0.2, 0.25) is 0 Å². The van der Waals surface area contributed by atoms with E-state index in [1.165, 1.54) is 5.57 Å². The summed E-state index contributed by atoms with van der Waals surface area (Å²) in [6, 6.07) is 11.7. The number of anilines is 1. The van der Waals surface area contributed by atoms with Gasteiger partial charge < -0.3 is 14.6 Å². The number of nitrogens with one attached hydrogen (secondary N) is 1. The van der Waals surface area contributed by atoms with Gasteiger partial charge in [0.2, 0.25) is 5.91 Å². The Morgan fingerprint density at radius 2 is 2.11 bits per heavy atom. The van der Waals surface area contributed by atoms with Gasteiger partial charge in [-0.3, -0.25) is 9.59 Å². The van der Waals surface area contributed by atoms with E-state index in [0.29, 0.717) is 24.1 Å². The van der Waals surface area contributed by atoms with E-state index in [2.05, 4.69) is 17.5 Å². The minimum Gasteiger partial charge on any atom is -0.454 e. The van der Waals surface area contributed by atoms with Crippen molar-refractivity contribution in [2.45, 2.75) is 12.3 Å². The number of amides is 2. The van der Waals surface area contributed by atoms with Crippen LogP contribution in [-0.2, 0) is 4.79 Å². The molecule has 142 valence electrons. The van der Waals surface area contributed by atoms with Crippen molar-refractivity contribution in [3.05, 3.63) is 71.2 Å². The van der Waals surface area contributed by atoms with Gasteiger partial charge in [0.05, 0.1) is 5.92 Å². The molecular weight excluding hydrogens is 352 g/mol. The summed E-state index contributed by atoms with van der Waals surface area (Å²) in [7, 11) is 0. The number of hydrogen-bond donors (Lipinski definition) is 1. The summed E-state index contributed by atoms with van der Waals surface area (Å²) in [5.41, 5.74) is 3.25. The summed E-state index contributed by atoms with van der Waals surface area (Å²) in [4.78, 5) is 26.9. The molecule has 1 unspecified atom stereocenters. The Hall–Kier alpha value is -3.08. The molecule has 1 aliphatic heterocycles. The number of furan rings is 1. The van der Waals surface area contributed by atoms with Crippen LogP contribution in [0.3, 0.4) is 0 Å². The molecule has 1 saturated heterocycles. The number of benzene rings is 1. The fraction of sp³-hybridized carbons (Fsp3) is 0.304. The van der Waals surface area contributed by atoms with E-state index in [9.17, 15) is 9.59 Å². The van der Waals surface area contributed by atoms with Crippen LogP contribution in [0.1, 0.15) is 35.6 Å². The Labute approximate surface area is 164 Å². The van der Waals surface area contributed by atoms with Crippen LogP contribution in [0.5, 0.6) is 0 Å². The van der Waals surface area contributed by atoms with E-state index in [4.69, 9.17) is 4.42 Å². The van der Waals surface area contributed by atoms with Gasteiger partial charge in [0, 0.05) is 31.7 Å². The molecule has 5 heteroatoms. The molecule has 2 heterocycles. The van der Waals surface area contributed by atoms with Crippen LogP contribution >= 0.6 is 0 Å². The summed E-state index contributed by atoms with van der Waals surface area (Å²) >= 11 is 0. The molecule has 2 aromatic rings. The Morgan fingerprint density at radius 3 is 2.89 bits per heavy atom.